The third-order valence-corrected chi connectivity index (χ3v) is 6.94. The number of carbonyl (C=O) groups is 2. The minimum absolute atomic E-state index is 0.0192. The highest BCUT2D eigenvalue weighted by Crippen LogP contribution is 2.33. The normalized spacial score (nSPS) is 17.5. The second-order valence-electron chi connectivity index (χ2n) is 9.03. The minimum atomic E-state index is -0.561. The fraction of sp³-hybridized carbons (Fsp3) is 0.600. The summed E-state index contributed by atoms with van der Waals surface area (Å²) in [5.41, 5.74) is 8.15. The maximum atomic E-state index is 13.2. The van der Waals surface area contributed by atoms with Crippen molar-refractivity contribution in [3.63, 3.8) is 0 Å². The van der Waals surface area contributed by atoms with Gasteiger partial charge < -0.3 is 31.3 Å². The van der Waals surface area contributed by atoms with Crippen LogP contribution in [0.3, 0.4) is 0 Å². The Morgan fingerprint density at radius 1 is 1.15 bits per heavy atom. The summed E-state index contributed by atoms with van der Waals surface area (Å²) in [7, 11) is 1.76. The molecule has 2 aliphatic rings. The molecule has 2 amide bonds. The standard InChI is InChI=1S/C25H39N5O3/c1-4-30(18-10-6-5-7-11-18)22-15-19(31)14-20(17(22)2)25(33)28-16-21(23(26)32)24(27-3)29-12-8-9-13-29/h14-15,18,27,31H,4-13,16H2,1-3H3,(H2,26,32)(H,28,33)/b24-21+. The fourth-order valence-corrected chi connectivity index (χ4v) is 5.23. The molecule has 8 nitrogen and oxygen atoms in total. The van der Waals surface area contributed by atoms with Crippen LogP contribution in [-0.2, 0) is 4.79 Å². The van der Waals surface area contributed by atoms with Gasteiger partial charge in [0.25, 0.3) is 5.91 Å². The van der Waals surface area contributed by atoms with Gasteiger partial charge in [0, 0.05) is 50.0 Å². The number of rotatable bonds is 9. The highest BCUT2D eigenvalue weighted by atomic mass is 16.3. The summed E-state index contributed by atoms with van der Waals surface area (Å²) in [4.78, 5) is 29.8. The number of carbonyl (C=O) groups excluding carboxylic acids is 2. The quantitative estimate of drug-likeness (QED) is 0.424. The topological polar surface area (TPSA) is 111 Å². The number of hydrogen-bond donors (Lipinski definition) is 4. The van der Waals surface area contributed by atoms with Crippen molar-refractivity contribution >= 4 is 17.5 Å². The zero-order valence-electron chi connectivity index (χ0n) is 20.2. The number of nitrogens with one attached hydrogen (secondary N) is 2. The Labute approximate surface area is 197 Å². The highest BCUT2D eigenvalue weighted by molar-refractivity contribution is 5.99. The molecule has 0 unspecified atom stereocenters. The summed E-state index contributed by atoms with van der Waals surface area (Å²) in [5.74, 6) is -0.161. The molecular weight excluding hydrogens is 418 g/mol. The lowest BCUT2D eigenvalue weighted by molar-refractivity contribution is -0.114. The predicted octanol–water partition coefficient (Wildman–Crippen LogP) is 2.60. The van der Waals surface area contributed by atoms with Crippen LogP contribution < -0.4 is 21.3 Å². The monoisotopic (exact) mass is 457 g/mol. The van der Waals surface area contributed by atoms with Gasteiger partial charge in [-0.3, -0.25) is 9.59 Å². The zero-order chi connectivity index (χ0) is 24.0. The molecule has 3 rings (SSSR count). The van der Waals surface area contributed by atoms with E-state index in [9.17, 15) is 14.7 Å². The van der Waals surface area contributed by atoms with Crippen LogP contribution in [0.15, 0.2) is 23.5 Å². The van der Waals surface area contributed by atoms with Gasteiger partial charge in [-0.15, -0.1) is 0 Å². The molecule has 182 valence electrons. The maximum Gasteiger partial charge on any atom is 0.252 e. The number of hydrogen-bond acceptors (Lipinski definition) is 6. The van der Waals surface area contributed by atoms with E-state index in [1.807, 2.05) is 6.92 Å². The van der Waals surface area contributed by atoms with E-state index in [0.717, 1.165) is 56.6 Å². The molecule has 1 aliphatic heterocycles. The zero-order valence-corrected chi connectivity index (χ0v) is 20.2. The number of amides is 2. The summed E-state index contributed by atoms with van der Waals surface area (Å²) in [6, 6.07) is 3.67. The number of nitrogens with two attached hydrogens (primary N) is 1. The number of primary amides is 1. The minimum Gasteiger partial charge on any atom is -0.508 e. The van der Waals surface area contributed by atoms with Crippen LogP contribution >= 0.6 is 0 Å². The summed E-state index contributed by atoms with van der Waals surface area (Å²) in [6.45, 7) is 6.56. The molecular formula is C25H39N5O3. The summed E-state index contributed by atoms with van der Waals surface area (Å²) < 4.78 is 0. The van der Waals surface area contributed by atoms with Crippen LogP contribution in [0, 0.1) is 6.92 Å². The van der Waals surface area contributed by atoms with Crippen molar-refractivity contribution in [1.29, 1.82) is 0 Å². The van der Waals surface area contributed by atoms with Gasteiger partial charge in [-0.1, -0.05) is 19.3 Å². The van der Waals surface area contributed by atoms with E-state index in [-0.39, 0.29) is 18.2 Å². The van der Waals surface area contributed by atoms with Crippen LogP contribution in [0.2, 0.25) is 0 Å². The third kappa shape index (κ3) is 5.72. The summed E-state index contributed by atoms with van der Waals surface area (Å²) in [6.07, 6.45) is 8.05. The summed E-state index contributed by atoms with van der Waals surface area (Å²) in [5, 5.41) is 16.4. The van der Waals surface area contributed by atoms with Crippen molar-refractivity contribution in [2.45, 2.75) is 64.8 Å². The van der Waals surface area contributed by atoms with Crippen LogP contribution in [0.5, 0.6) is 5.75 Å². The average molecular weight is 458 g/mol. The molecule has 1 heterocycles. The number of likely N-dealkylation sites (tertiary alicyclic amines) is 1. The van der Waals surface area contributed by atoms with Crippen molar-refractivity contribution in [1.82, 2.24) is 15.5 Å². The largest absolute Gasteiger partial charge is 0.508 e. The Kier molecular flexibility index (Phi) is 8.47. The number of benzene rings is 1. The molecule has 1 aromatic carbocycles. The third-order valence-electron chi connectivity index (χ3n) is 6.94. The molecule has 0 radical (unpaired) electrons. The summed E-state index contributed by atoms with van der Waals surface area (Å²) >= 11 is 0. The number of anilines is 1. The second kappa shape index (κ2) is 11.3. The van der Waals surface area contributed by atoms with E-state index >= 15 is 0 Å². The van der Waals surface area contributed by atoms with Crippen LogP contribution in [0.1, 0.15) is 67.8 Å². The maximum absolute atomic E-state index is 13.2. The fourth-order valence-electron chi connectivity index (χ4n) is 5.23. The van der Waals surface area contributed by atoms with Gasteiger partial charge in [0.15, 0.2) is 0 Å². The molecule has 0 atom stereocenters. The molecule has 33 heavy (non-hydrogen) atoms. The van der Waals surface area contributed by atoms with Crippen molar-refractivity contribution in [3.8, 4) is 5.75 Å². The number of nitrogens with zero attached hydrogens (tertiary/aromatic N) is 2. The Bertz CT molecular complexity index is 886. The first-order valence-corrected chi connectivity index (χ1v) is 12.2. The Balaban J connectivity index is 1.83. The first kappa shape index (κ1) is 24.7. The van der Waals surface area contributed by atoms with E-state index in [0.29, 0.717) is 23.0 Å². The van der Waals surface area contributed by atoms with Gasteiger partial charge in [-0.05, 0) is 51.2 Å². The first-order chi connectivity index (χ1) is 15.9. The SMILES string of the molecule is CCN(c1cc(O)cc(C(=O)NC/C(C(N)=O)=C(/NC)N2CCCC2)c1C)C1CCCCC1. The van der Waals surface area contributed by atoms with Crippen molar-refractivity contribution in [2.24, 2.45) is 5.73 Å². The van der Waals surface area contributed by atoms with Crippen LogP contribution in [0.25, 0.3) is 0 Å². The molecule has 0 bridgehead atoms. The van der Waals surface area contributed by atoms with Gasteiger partial charge in [-0.25, -0.2) is 0 Å². The first-order valence-electron chi connectivity index (χ1n) is 12.2. The highest BCUT2D eigenvalue weighted by Gasteiger charge is 2.25. The van der Waals surface area contributed by atoms with Gasteiger partial charge in [0.05, 0.1) is 12.1 Å². The molecule has 2 fully saturated rings. The van der Waals surface area contributed by atoms with Gasteiger partial charge in [0.2, 0.25) is 5.91 Å². The Morgan fingerprint density at radius 3 is 2.39 bits per heavy atom. The lowest BCUT2D eigenvalue weighted by Crippen LogP contribution is -2.38. The Hall–Kier alpha value is -2.90. The second-order valence-corrected chi connectivity index (χ2v) is 9.03. The van der Waals surface area contributed by atoms with E-state index < -0.39 is 5.91 Å². The van der Waals surface area contributed by atoms with E-state index in [1.54, 1.807) is 13.1 Å². The van der Waals surface area contributed by atoms with Gasteiger partial charge >= 0.3 is 0 Å². The van der Waals surface area contributed by atoms with Crippen molar-refractivity contribution < 1.29 is 14.7 Å². The van der Waals surface area contributed by atoms with Gasteiger partial charge in [0.1, 0.15) is 11.6 Å². The Morgan fingerprint density at radius 2 is 1.82 bits per heavy atom. The lowest BCUT2D eigenvalue weighted by Gasteiger charge is -2.36. The smallest absolute Gasteiger partial charge is 0.252 e. The van der Waals surface area contributed by atoms with Crippen molar-refractivity contribution in [2.75, 3.05) is 38.1 Å². The van der Waals surface area contributed by atoms with Crippen LogP contribution in [0.4, 0.5) is 5.69 Å². The lowest BCUT2D eigenvalue weighted by atomic mass is 9.93. The molecule has 1 aliphatic carbocycles. The molecule has 1 aromatic rings. The predicted molar refractivity (Wildman–Crippen MR) is 131 cm³/mol. The molecule has 8 heteroatoms. The van der Waals surface area contributed by atoms with E-state index in [4.69, 9.17) is 5.73 Å². The van der Waals surface area contributed by atoms with Crippen LogP contribution in [-0.4, -0.2) is 61.1 Å². The molecule has 5 N–H and O–H groups in total. The number of phenols is 1. The van der Waals surface area contributed by atoms with Gasteiger partial charge in [-0.2, -0.15) is 0 Å². The molecule has 0 spiro atoms. The molecule has 1 saturated carbocycles. The van der Waals surface area contributed by atoms with E-state index in [2.05, 4.69) is 27.4 Å². The average Bonchev–Trinajstić information content (AvgIpc) is 3.34. The van der Waals surface area contributed by atoms with Crippen molar-refractivity contribution in [3.05, 3.63) is 34.7 Å². The molecule has 0 aromatic heterocycles. The number of aromatic hydroxyl groups is 1. The number of phenolic OH excluding ortho intramolecular Hbond substituents is 1. The van der Waals surface area contributed by atoms with E-state index in [1.165, 1.54) is 25.3 Å². The molecule has 1 saturated heterocycles.